The van der Waals surface area contributed by atoms with Gasteiger partial charge in [-0.05, 0) is 87.4 Å². The van der Waals surface area contributed by atoms with Crippen molar-refractivity contribution in [2.45, 2.75) is 33.1 Å². The number of methoxy groups -OCH3 is 1. The molecule has 0 fully saturated rings. The monoisotopic (exact) mass is 518 g/mol. The van der Waals surface area contributed by atoms with Gasteiger partial charge in [-0.25, -0.2) is 4.79 Å². The summed E-state index contributed by atoms with van der Waals surface area (Å²) in [6.45, 7) is 8.05. The SMILES string of the molecule is CCCN(CCC)CCCNC(=O)c1ccc(NC(=O)Nc2ccc(Oc3ccccc3)cc2)cc1OC. The molecule has 0 aromatic heterocycles. The Morgan fingerprint density at radius 3 is 2.08 bits per heavy atom. The van der Waals surface area contributed by atoms with Crippen molar-refractivity contribution in [3.8, 4) is 17.2 Å². The first-order chi connectivity index (χ1) is 18.5. The Kier molecular flexibility index (Phi) is 11.5. The van der Waals surface area contributed by atoms with Crippen molar-refractivity contribution in [2.24, 2.45) is 0 Å². The number of anilines is 2. The first-order valence-corrected chi connectivity index (χ1v) is 13.1. The number of hydrogen-bond acceptors (Lipinski definition) is 5. The van der Waals surface area contributed by atoms with E-state index in [1.807, 2.05) is 30.3 Å². The largest absolute Gasteiger partial charge is 0.496 e. The van der Waals surface area contributed by atoms with E-state index in [0.717, 1.165) is 44.6 Å². The molecule has 0 aliphatic carbocycles. The molecule has 3 rings (SSSR count). The van der Waals surface area contributed by atoms with Crippen LogP contribution < -0.4 is 25.4 Å². The van der Waals surface area contributed by atoms with E-state index >= 15 is 0 Å². The van der Waals surface area contributed by atoms with E-state index in [1.165, 1.54) is 7.11 Å². The fourth-order valence-electron chi connectivity index (χ4n) is 4.05. The van der Waals surface area contributed by atoms with Crippen molar-refractivity contribution in [3.63, 3.8) is 0 Å². The quantitative estimate of drug-likeness (QED) is 0.216. The molecule has 0 spiro atoms. The summed E-state index contributed by atoms with van der Waals surface area (Å²) in [5.74, 6) is 1.59. The lowest BCUT2D eigenvalue weighted by Gasteiger charge is -2.20. The minimum atomic E-state index is -0.412. The maximum absolute atomic E-state index is 12.7. The van der Waals surface area contributed by atoms with Crippen LogP contribution >= 0.6 is 0 Å². The van der Waals surface area contributed by atoms with Gasteiger partial charge in [0.15, 0.2) is 0 Å². The van der Waals surface area contributed by atoms with Gasteiger partial charge < -0.3 is 30.3 Å². The number of benzene rings is 3. The molecule has 202 valence electrons. The normalized spacial score (nSPS) is 10.6. The predicted octanol–water partition coefficient (Wildman–Crippen LogP) is 6.37. The van der Waals surface area contributed by atoms with Crippen molar-refractivity contribution < 1.29 is 19.1 Å². The predicted molar refractivity (Wildman–Crippen MR) is 153 cm³/mol. The molecule has 0 radical (unpaired) electrons. The molecule has 0 aliphatic rings. The highest BCUT2D eigenvalue weighted by atomic mass is 16.5. The third kappa shape index (κ3) is 9.12. The minimum Gasteiger partial charge on any atom is -0.496 e. The van der Waals surface area contributed by atoms with Gasteiger partial charge in [-0.15, -0.1) is 0 Å². The molecule has 0 saturated heterocycles. The third-order valence-electron chi connectivity index (χ3n) is 5.81. The van der Waals surface area contributed by atoms with Crippen LogP contribution in [-0.4, -0.2) is 50.1 Å². The molecule has 0 unspecified atom stereocenters. The van der Waals surface area contributed by atoms with Gasteiger partial charge in [-0.2, -0.15) is 0 Å². The molecule has 8 nitrogen and oxygen atoms in total. The van der Waals surface area contributed by atoms with Gasteiger partial charge in [-0.1, -0.05) is 32.0 Å². The maximum Gasteiger partial charge on any atom is 0.323 e. The number of carbonyl (C=O) groups excluding carboxylic acids is 2. The molecule has 0 aliphatic heterocycles. The van der Waals surface area contributed by atoms with Gasteiger partial charge in [0.2, 0.25) is 0 Å². The van der Waals surface area contributed by atoms with E-state index < -0.39 is 6.03 Å². The maximum atomic E-state index is 12.7. The molecule has 3 aromatic rings. The number of nitrogens with one attached hydrogen (secondary N) is 3. The highest BCUT2D eigenvalue weighted by molar-refractivity contribution is 6.01. The van der Waals surface area contributed by atoms with Gasteiger partial charge >= 0.3 is 6.03 Å². The van der Waals surface area contributed by atoms with Crippen LogP contribution in [0.2, 0.25) is 0 Å². The summed E-state index contributed by atoms with van der Waals surface area (Å²) in [5.41, 5.74) is 1.54. The van der Waals surface area contributed by atoms with E-state index in [-0.39, 0.29) is 5.91 Å². The number of rotatable bonds is 14. The lowest BCUT2D eigenvalue weighted by atomic mass is 10.1. The van der Waals surface area contributed by atoms with Crippen LogP contribution in [0.4, 0.5) is 16.2 Å². The number of nitrogens with zero attached hydrogens (tertiary/aromatic N) is 1. The van der Waals surface area contributed by atoms with Gasteiger partial charge in [0, 0.05) is 24.0 Å². The van der Waals surface area contributed by atoms with Gasteiger partial charge in [0.1, 0.15) is 17.2 Å². The Morgan fingerprint density at radius 2 is 1.42 bits per heavy atom. The van der Waals surface area contributed by atoms with Gasteiger partial charge in [0.05, 0.1) is 12.7 Å². The highest BCUT2D eigenvalue weighted by Gasteiger charge is 2.14. The Hall–Kier alpha value is -4.04. The third-order valence-corrected chi connectivity index (χ3v) is 5.81. The van der Waals surface area contributed by atoms with E-state index in [9.17, 15) is 9.59 Å². The molecule has 3 amide bonds. The topological polar surface area (TPSA) is 91.9 Å². The van der Waals surface area contributed by atoms with Crippen LogP contribution in [0.5, 0.6) is 17.2 Å². The van der Waals surface area contributed by atoms with Crippen LogP contribution in [-0.2, 0) is 0 Å². The van der Waals surface area contributed by atoms with Crippen molar-refractivity contribution in [1.29, 1.82) is 0 Å². The van der Waals surface area contributed by atoms with Crippen molar-refractivity contribution in [2.75, 3.05) is 43.9 Å². The number of amides is 3. The molecule has 3 N–H and O–H groups in total. The van der Waals surface area contributed by atoms with Crippen molar-refractivity contribution in [3.05, 3.63) is 78.4 Å². The molecule has 8 heteroatoms. The second kappa shape index (κ2) is 15.3. The number of carbonyl (C=O) groups is 2. The Bertz CT molecular complexity index is 1150. The zero-order valence-corrected chi connectivity index (χ0v) is 22.5. The van der Waals surface area contributed by atoms with E-state index in [1.54, 1.807) is 42.5 Å². The van der Waals surface area contributed by atoms with Crippen LogP contribution in [0.1, 0.15) is 43.5 Å². The van der Waals surface area contributed by atoms with E-state index in [2.05, 4.69) is 34.7 Å². The fraction of sp³-hybridized carbons (Fsp3) is 0.333. The summed E-state index contributed by atoms with van der Waals surface area (Å²) >= 11 is 0. The van der Waals surface area contributed by atoms with E-state index in [4.69, 9.17) is 9.47 Å². The van der Waals surface area contributed by atoms with Gasteiger partial charge in [-0.3, -0.25) is 4.79 Å². The number of hydrogen-bond donors (Lipinski definition) is 3. The van der Waals surface area contributed by atoms with E-state index in [0.29, 0.717) is 35.0 Å². The Balaban J connectivity index is 1.50. The van der Waals surface area contributed by atoms with Crippen LogP contribution in [0.3, 0.4) is 0 Å². The first kappa shape index (κ1) is 28.5. The Labute approximate surface area is 225 Å². The smallest absolute Gasteiger partial charge is 0.323 e. The summed E-state index contributed by atoms with van der Waals surface area (Å²) in [7, 11) is 1.50. The summed E-state index contributed by atoms with van der Waals surface area (Å²) in [6, 6.07) is 21.1. The Morgan fingerprint density at radius 1 is 0.789 bits per heavy atom. The second-order valence-corrected chi connectivity index (χ2v) is 8.88. The fourth-order valence-corrected chi connectivity index (χ4v) is 4.05. The first-order valence-electron chi connectivity index (χ1n) is 13.1. The molecule has 38 heavy (non-hydrogen) atoms. The summed E-state index contributed by atoms with van der Waals surface area (Å²) in [5, 5.41) is 8.53. The molecule has 0 bridgehead atoms. The lowest BCUT2D eigenvalue weighted by molar-refractivity contribution is 0.0948. The number of ether oxygens (including phenoxy) is 2. The second-order valence-electron chi connectivity index (χ2n) is 8.88. The highest BCUT2D eigenvalue weighted by Crippen LogP contribution is 2.25. The summed E-state index contributed by atoms with van der Waals surface area (Å²) in [4.78, 5) is 27.7. The lowest BCUT2D eigenvalue weighted by Crippen LogP contribution is -2.31. The molecule has 3 aromatic carbocycles. The number of para-hydroxylation sites is 1. The molecule has 0 atom stereocenters. The minimum absolute atomic E-state index is 0.201. The van der Waals surface area contributed by atoms with Crippen molar-refractivity contribution >= 4 is 23.3 Å². The summed E-state index contributed by atoms with van der Waals surface area (Å²) < 4.78 is 11.2. The van der Waals surface area contributed by atoms with Gasteiger partial charge in [0.25, 0.3) is 5.91 Å². The molecule has 0 saturated carbocycles. The summed E-state index contributed by atoms with van der Waals surface area (Å²) in [6.07, 6.45) is 3.13. The van der Waals surface area contributed by atoms with Crippen molar-refractivity contribution in [1.82, 2.24) is 10.2 Å². The zero-order valence-electron chi connectivity index (χ0n) is 22.5. The average molecular weight is 519 g/mol. The molecular formula is C30H38N4O4. The van der Waals surface area contributed by atoms with Crippen LogP contribution in [0.25, 0.3) is 0 Å². The average Bonchev–Trinajstić information content (AvgIpc) is 2.92. The standard InChI is InChI=1S/C30H38N4O4/c1-4-19-34(20-5-2)21-9-18-31-29(35)27-17-14-24(22-28(27)37-3)33-30(36)32-23-12-15-26(16-13-23)38-25-10-7-6-8-11-25/h6-8,10-17,22H,4-5,9,18-21H2,1-3H3,(H,31,35)(H2,32,33,36). The zero-order chi connectivity index (χ0) is 27.2. The molecule has 0 heterocycles. The number of urea groups is 1. The molecular weight excluding hydrogens is 480 g/mol. The van der Waals surface area contributed by atoms with Crippen LogP contribution in [0.15, 0.2) is 72.8 Å². The van der Waals surface area contributed by atoms with Crippen LogP contribution in [0, 0.1) is 0 Å².